The van der Waals surface area contributed by atoms with Crippen LogP contribution in [0.5, 0.6) is 11.5 Å². The normalized spacial score (nSPS) is 14.6. The molecule has 1 amide bonds. The molecule has 0 spiro atoms. The second-order valence-corrected chi connectivity index (χ2v) is 5.44. The molecule has 5 heteroatoms. The van der Waals surface area contributed by atoms with Crippen LogP contribution < -0.4 is 15.2 Å². The van der Waals surface area contributed by atoms with Crippen LogP contribution in [0.25, 0.3) is 0 Å². The van der Waals surface area contributed by atoms with Gasteiger partial charge in [-0.05, 0) is 30.2 Å². The van der Waals surface area contributed by atoms with E-state index in [0.717, 1.165) is 23.5 Å². The van der Waals surface area contributed by atoms with Crippen molar-refractivity contribution < 1.29 is 14.3 Å². The molecule has 1 aliphatic heterocycles. The van der Waals surface area contributed by atoms with Crippen molar-refractivity contribution in [2.75, 3.05) is 26.8 Å². The minimum Gasteiger partial charge on any atom is -0.486 e. The monoisotopic (exact) mass is 292 g/mol. The van der Waals surface area contributed by atoms with Gasteiger partial charge >= 0.3 is 0 Å². The molecule has 0 saturated carbocycles. The highest BCUT2D eigenvalue weighted by Gasteiger charge is 2.16. The molecule has 1 aromatic carbocycles. The molecular weight excluding hydrogens is 268 g/mol. The average Bonchev–Trinajstić information content (AvgIpc) is 2.52. The zero-order valence-corrected chi connectivity index (χ0v) is 12.8. The number of fused-ring (bicyclic) bond motifs is 1. The predicted octanol–water partition coefficient (Wildman–Crippen LogP) is 1.79. The van der Waals surface area contributed by atoms with Crippen molar-refractivity contribution in [3.05, 3.63) is 23.8 Å². The third kappa shape index (κ3) is 4.11. The van der Waals surface area contributed by atoms with Gasteiger partial charge in [0.25, 0.3) is 0 Å². The van der Waals surface area contributed by atoms with Gasteiger partial charge in [-0.25, -0.2) is 0 Å². The highest BCUT2D eigenvalue weighted by Crippen LogP contribution is 2.31. The lowest BCUT2D eigenvalue weighted by molar-refractivity contribution is -0.131. The van der Waals surface area contributed by atoms with E-state index >= 15 is 0 Å². The van der Waals surface area contributed by atoms with Gasteiger partial charge in [-0.2, -0.15) is 0 Å². The Kier molecular flexibility index (Phi) is 5.44. The molecule has 1 unspecified atom stereocenters. The Morgan fingerprint density at radius 3 is 2.71 bits per heavy atom. The fourth-order valence-electron chi connectivity index (χ4n) is 2.35. The van der Waals surface area contributed by atoms with Crippen molar-refractivity contribution in [3.63, 3.8) is 0 Å². The van der Waals surface area contributed by atoms with Gasteiger partial charge in [0, 0.05) is 20.0 Å². The number of ether oxygens (including phenoxy) is 2. The first-order valence-corrected chi connectivity index (χ1v) is 7.46. The van der Waals surface area contributed by atoms with Crippen molar-refractivity contribution in [2.45, 2.75) is 26.3 Å². The van der Waals surface area contributed by atoms with Gasteiger partial charge in [0.15, 0.2) is 11.5 Å². The summed E-state index contributed by atoms with van der Waals surface area (Å²) in [5, 5.41) is 0. The molecule has 0 bridgehead atoms. The molecule has 1 aliphatic rings. The lowest BCUT2D eigenvalue weighted by Gasteiger charge is -2.22. The minimum absolute atomic E-state index is 0.127. The first kappa shape index (κ1) is 15.6. The second-order valence-electron chi connectivity index (χ2n) is 5.44. The summed E-state index contributed by atoms with van der Waals surface area (Å²) in [6.45, 7) is 4.34. The molecule has 1 heterocycles. The quantitative estimate of drug-likeness (QED) is 0.868. The van der Waals surface area contributed by atoms with E-state index < -0.39 is 0 Å². The highest BCUT2D eigenvalue weighted by molar-refractivity contribution is 5.76. The van der Waals surface area contributed by atoms with Crippen molar-refractivity contribution in [2.24, 2.45) is 11.7 Å². The number of benzene rings is 1. The molecule has 0 saturated heterocycles. The van der Waals surface area contributed by atoms with Crippen molar-refractivity contribution >= 4 is 5.91 Å². The fourth-order valence-corrected chi connectivity index (χ4v) is 2.35. The Bertz CT molecular complexity index is 486. The standard InChI is InChI=1S/C16H24N2O3/c1-3-12(10-17)9-16(19)18(2)11-13-4-5-14-15(8-13)21-7-6-20-14/h4-5,8,12H,3,6-7,9-11,17H2,1-2H3. The zero-order valence-electron chi connectivity index (χ0n) is 12.8. The third-order valence-corrected chi connectivity index (χ3v) is 3.83. The minimum atomic E-state index is 0.127. The van der Waals surface area contributed by atoms with Crippen LogP contribution in [0.1, 0.15) is 25.3 Å². The summed E-state index contributed by atoms with van der Waals surface area (Å²) in [5.74, 6) is 1.92. The van der Waals surface area contributed by atoms with Gasteiger partial charge in [0.1, 0.15) is 13.2 Å². The van der Waals surface area contributed by atoms with E-state index in [1.807, 2.05) is 25.2 Å². The van der Waals surface area contributed by atoms with Crippen molar-refractivity contribution in [1.82, 2.24) is 4.90 Å². The largest absolute Gasteiger partial charge is 0.486 e. The number of carbonyl (C=O) groups excluding carboxylic acids is 1. The first-order valence-electron chi connectivity index (χ1n) is 7.46. The van der Waals surface area contributed by atoms with Crippen molar-refractivity contribution in [3.8, 4) is 11.5 Å². The van der Waals surface area contributed by atoms with Gasteiger partial charge in [-0.15, -0.1) is 0 Å². The van der Waals surface area contributed by atoms with Gasteiger partial charge < -0.3 is 20.1 Å². The van der Waals surface area contributed by atoms with E-state index in [1.165, 1.54) is 0 Å². The maximum Gasteiger partial charge on any atom is 0.222 e. The number of nitrogens with two attached hydrogens (primary N) is 1. The number of nitrogens with zero attached hydrogens (tertiary/aromatic N) is 1. The second kappa shape index (κ2) is 7.31. The lowest BCUT2D eigenvalue weighted by Crippen LogP contribution is -2.30. The van der Waals surface area contributed by atoms with E-state index in [1.54, 1.807) is 4.90 Å². The summed E-state index contributed by atoms with van der Waals surface area (Å²) < 4.78 is 11.1. The van der Waals surface area contributed by atoms with Gasteiger partial charge in [-0.3, -0.25) is 4.79 Å². The predicted molar refractivity (Wildman–Crippen MR) is 81.4 cm³/mol. The number of carbonyl (C=O) groups is 1. The Hall–Kier alpha value is -1.75. The van der Waals surface area contributed by atoms with Crippen LogP contribution in [0.2, 0.25) is 0 Å². The molecule has 0 aliphatic carbocycles. The van der Waals surface area contributed by atoms with Gasteiger partial charge in [0.05, 0.1) is 0 Å². The molecule has 2 N–H and O–H groups in total. The smallest absolute Gasteiger partial charge is 0.222 e. The van der Waals surface area contributed by atoms with E-state index in [2.05, 4.69) is 6.92 Å². The number of hydrogen-bond donors (Lipinski definition) is 1. The van der Waals surface area contributed by atoms with Crippen molar-refractivity contribution in [1.29, 1.82) is 0 Å². The van der Waals surface area contributed by atoms with Crippen LogP contribution in [0.4, 0.5) is 0 Å². The van der Waals surface area contributed by atoms with Crippen LogP contribution in [0.3, 0.4) is 0 Å². The highest BCUT2D eigenvalue weighted by atomic mass is 16.6. The number of hydrogen-bond acceptors (Lipinski definition) is 4. The Labute approximate surface area is 126 Å². The summed E-state index contributed by atoms with van der Waals surface area (Å²) in [5.41, 5.74) is 6.70. The molecule has 1 aromatic rings. The maximum absolute atomic E-state index is 12.2. The number of rotatable bonds is 6. The first-order chi connectivity index (χ1) is 10.1. The van der Waals surface area contributed by atoms with Crippen LogP contribution in [-0.2, 0) is 11.3 Å². The SMILES string of the molecule is CCC(CN)CC(=O)N(C)Cc1ccc2c(c1)OCCO2. The summed E-state index contributed by atoms with van der Waals surface area (Å²) in [7, 11) is 1.82. The van der Waals surface area contributed by atoms with E-state index in [0.29, 0.717) is 32.7 Å². The van der Waals surface area contributed by atoms with E-state index in [9.17, 15) is 4.79 Å². The van der Waals surface area contributed by atoms with E-state index in [-0.39, 0.29) is 11.8 Å². The molecule has 2 rings (SSSR count). The van der Waals surface area contributed by atoms with Crippen LogP contribution in [0, 0.1) is 5.92 Å². The molecular formula is C16H24N2O3. The molecule has 5 nitrogen and oxygen atoms in total. The van der Waals surface area contributed by atoms with Gasteiger partial charge in [-0.1, -0.05) is 19.4 Å². The zero-order chi connectivity index (χ0) is 15.2. The Morgan fingerprint density at radius 1 is 1.33 bits per heavy atom. The summed E-state index contributed by atoms with van der Waals surface area (Å²) in [6, 6.07) is 5.81. The maximum atomic E-state index is 12.2. The van der Waals surface area contributed by atoms with E-state index in [4.69, 9.17) is 15.2 Å². The summed E-state index contributed by atoms with van der Waals surface area (Å²) in [6.07, 6.45) is 1.44. The van der Waals surface area contributed by atoms with Gasteiger partial charge in [0.2, 0.25) is 5.91 Å². The molecule has 0 radical (unpaired) electrons. The molecule has 1 atom stereocenters. The Balaban J connectivity index is 1.95. The van der Waals surface area contributed by atoms with Crippen LogP contribution >= 0.6 is 0 Å². The molecule has 116 valence electrons. The summed E-state index contributed by atoms with van der Waals surface area (Å²) >= 11 is 0. The van der Waals surface area contributed by atoms with Crippen LogP contribution in [-0.4, -0.2) is 37.6 Å². The van der Waals surface area contributed by atoms with Crippen LogP contribution in [0.15, 0.2) is 18.2 Å². The third-order valence-electron chi connectivity index (χ3n) is 3.83. The molecule has 0 fully saturated rings. The lowest BCUT2D eigenvalue weighted by atomic mass is 10.0. The number of amides is 1. The molecule has 0 aromatic heterocycles. The average molecular weight is 292 g/mol. The topological polar surface area (TPSA) is 64.8 Å². The fraction of sp³-hybridized carbons (Fsp3) is 0.562. The molecule has 21 heavy (non-hydrogen) atoms. The Morgan fingerprint density at radius 2 is 2.05 bits per heavy atom. The summed E-state index contributed by atoms with van der Waals surface area (Å²) in [4.78, 5) is 13.9.